The molecule has 11 heteroatoms. The lowest BCUT2D eigenvalue weighted by Gasteiger charge is -2.30. The van der Waals surface area contributed by atoms with E-state index in [0.29, 0.717) is 11.1 Å². The summed E-state index contributed by atoms with van der Waals surface area (Å²) in [5.74, 6) is 0.803. The molecule has 1 atom stereocenters. The highest BCUT2D eigenvalue weighted by Gasteiger charge is 2.27. The zero-order chi connectivity index (χ0) is 21.3. The summed E-state index contributed by atoms with van der Waals surface area (Å²) < 4.78 is 44.8. The van der Waals surface area contributed by atoms with Crippen molar-refractivity contribution < 1.29 is 27.0 Å². The van der Waals surface area contributed by atoms with Gasteiger partial charge in [-0.3, -0.25) is 5.01 Å². The molecule has 1 aromatic carbocycles. The number of sulfone groups is 1. The fourth-order valence-corrected chi connectivity index (χ4v) is 4.98. The smallest absolute Gasteiger partial charge is 0.346 e. The van der Waals surface area contributed by atoms with Crippen LogP contribution in [0.25, 0.3) is 11.0 Å². The third-order valence-electron chi connectivity index (χ3n) is 4.64. The Balaban J connectivity index is 2.09. The molecule has 29 heavy (non-hydrogen) atoms. The molecular formula is C18H21ClN2O7S. The molecule has 1 fully saturated rings. The van der Waals surface area contributed by atoms with E-state index in [1.165, 1.54) is 27.5 Å². The minimum Gasteiger partial charge on any atom is -0.493 e. The predicted octanol–water partition coefficient (Wildman–Crippen LogP) is 1.92. The fraction of sp³-hybridized carbons (Fsp3) is 0.444. The van der Waals surface area contributed by atoms with Crippen molar-refractivity contribution in [3.8, 4) is 17.2 Å². The topological polar surface area (TPSA) is 108 Å². The molecule has 0 radical (unpaired) electrons. The average molecular weight is 445 g/mol. The lowest BCUT2D eigenvalue weighted by molar-refractivity contribution is 0.239. The molecule has 3 rings (SSSR count). The fourth-order valence-electron chi connectivity index (χ4n) is 3.18. The molecule has 1 aliphatic heterocycles. The number of halogens is 1. The van der Waals surface area contributed by atoms with Gasteiger partial charge < -0.3 is 18.6 Å². The first-order valence-electron chi connectivity index (χ1n) is 8.68. The van der Waals surface area contributed by atoms with Gasteiger partial charge >= 0.3 is 5.63 Å². The number of ether oxygens (including phenoxy) is 3. The van der Waals surface area contributed by atoms with Crippen molar-refractivity contribution in [3.63, 3.8) is 0 Å². The molecule has 0 N–H and O–H groups in total. The van der Waals surface area contributed by atoms with Crippen molar-refractivity contribution >= 4 is 38.6 Å². The number of rotatable bonds is 5. The average Bonchev–Trinajstić information content (AvgIpc) is 2.67. The number of benzene rings is 1. The quantitative estimate of drug-likeness (QED) is 0.508. The van der Waals surface area contributed by atoms with Gasteiger partial charge in [-0.25, -0.2) is 13.2 Å². The maximum Gasteiger partial charge on any atom is 0.346 e. The summed E-state index contributed by atoms with van der Waals surface area (Å²) in [5, 5.41) is 6.36. The van der Waals surface area contributed by atoms with E-state index in [9.17, 15) is 13.2 Å². The number of nitrogens with zero attached hydrogens (tertiary/aromatic N) is 2. The highest BCUT2D eigenvalue weighted by molar-refractivity contribution is 7.91. The van der Waals surface area contributed by atoms with Crippen LogP contribution < -0.4 is 19.8 Å². The lowest BCUT2D eigenvalue weighted by atomic mass is 10.1. The van der Waals surface area contributed by atoms with E-state index in [-0.39, 0.29) is 51.8 Å². The molecule has 9 nitrogen and oxygen atoms in total. The van der Waals surface area contributed by atoms with Crippen LogP contribution in [-0.2, 0) is 9.84 Å². The number of hydrazone groups is 1. The Morgan fingerprint density at radius 2 is 1.93 bits per heavy atom. The second kappa shape index (κ2) is 8.11. The zero-order valence-electron chi connectivity index (χ0n) is 16.4. The van der Waals surface area contributed by atoms with E-state index in [1.807, 2.05) is 0 Å². The van der Waals surface area contributed by atoms with E-state index in [2.05, 4.69) is 5.10 Å². The summed E-state index contributed by atoms with van der Waals surface area (Å²) in [7, 11) is 1.23. The van der Waals surface area contributed by atoms with Gasteiger partial charge in [-0.15, -0.1) is 0 Å². The standard InChI is InChI=1S/C18H21ClN2O7S/c1-10-9-29(23,24)6-5-21(10)20-8-12-14(19)11-7-13(25-2)16(26-3)17(27-4)15(11)28-18(12)22/h7-8,10H,5-6,9H2,1-4H3. The summed E-state index contributed by atoms with van der Waals surface area (Å²) in [4.78, 5) is 12.5. The molecular weight excluding hydrogens is 424 g/mol. The molecule has 0 spiro atoms. The largest absolute Gasteiger partial charge is 0.493 e. The maximum absolute atomic E-state index is 12.5. The Morgan fingerprint density at radius 3 is 2.52 bits per heavy atom. The first-order chi connectivity index (χ1) is 13.7. The van der Waals surface area contributed by atoms with E-state index < -0.39 is 15.5 Å². The van der Waals surface area contributed by atoms with Crippen LogP contribution in [0.2, 0.25) is 5.02 Å². The van der Waals surface area contributed by atoms with Crippen LogP contribution in [-0.4, -0.2) is 65.1 Å². The Labute approximate surface area is 172 Å². The Bertz CT molecular complexity index is 1130. The van der Waals surface area contributed by atoms with Crippen molar-refractivity contribution in [2.24, 2.45) is 5.10 Å². The number of methoxy groups -OCH3 is 3. The monoisotopic (exact) mass is 444 g/mol. The molecule has 1 unspecified atom stereocenters. The molecule has 1 aliphatic rings. The van der Waals surface area contributed by atoms with Crippen LogP contribution in [0.1, 0.15) is 12.5 Å². The maximum atomic E-state index is 12.5. The van der Waals surface area contributed by atoms with Gasteiger partial charge in [0.25, 0.3) is 0 Å². The number of hydrogen-bond acceptors (Lipinski definition) is 9. The van der Waals surface area contributed by atoms with E-state index in [0.717, 1.165) is 0 Å². The van der Waals surface area contributed by atoms with Crippen molar-refractivity contribution in [2.75, 3.05) is 39.4 Å². The molecule has 158 valence electrons. The van der Waals surface area contributed by atoms with Crippen molar-refractivity contribution in [1.82, 2.24) is 5.01 Å². The van der Waals surface area contributed by atoms with E-state index in [1.54, 1.807) is 18.0 Å². The van der Waals surface area contributed by atoms with Crippen molar-refractivity contribution in [2.45, 2.75) is 13.0 Å². The van der Waals surface area contributed by atoms with Crippen LogP contribution in [0, 0.1) is 0 Å². The van der Waals surface area contributed by atoms with Crippen LogP contribution in [0.3, 0.4) is 0 Å². The first kappa shape index (κ1) is 21.3. The first-order valence-corrected chi connectivity index (χ1v) is 10.9. The lowest BCUT2D eigenvalue weighted by Crippen LogP contribution is -2.43. The third kappa shape index (κ3) is 3.99. The molecule has 2 aromatic rings. The molecule has 2 heterocycles. The summed E-state index contributed by atoms with van der Waals surface area (Å²) in [5.41, 5.74) is -0.558. The Morgan fingerprint density at radius 1 is 1.24 bits per heavy atom. The third-order valence-corrected chi connectivity index (χ3v) is 6.84. The van der Waals surface area contributed by atoms with Crippen LogP contribution in [0.4, 0.5) is 0 Å². The van der Waals surface area contributed by atoms with Gasteiger partial charge in [0.05, 0.1) is 62.2 Å². The Hall–Kier alpha value is -2.46. The summed E-state index contributed by atoms with van der Waals surface area (Å²) >= 11 is 6.48. The van der Waals surface area contributed by atoms with Gasteiger partial charge in [-0.2, -0.15) is 5.10 Å². The second-order valence-corrected chi connectivity index (χ2v) is 9.12. The van der Waals surface area contributed by atoms with Gasteiger partial charge in [0.15, 0.2) is 21.2 Å². The van der Waals surface area contributed by atoms with E-state index >= 15 is 0 Å². The zero-order valence-corrected chi connectivity index (χ0v) is 18.0. The van der Waals surface area contributed by atoms with Gasteiger partial charge in [0.1, 0.15) is 0 Å². The summed E-state index contributed by atoms with van der Waals surface area (Å²) in [6.07, 6.45) is 1.28. The van der Waals surface area contributed by atoms with Crippen molar-refractivity contribution in [1.29, 1.82) is 0 Å². The second-order valence-electron chi connectivity index (χ2n) is 6.51. The SMILES string of the molecule is COc1cc2c(Cl)c(C=NN3CCS(=O)(=O)CC3C)c(=O)oc2c(OC)c1OC. The van der Waals surface area contributed by atoms with E-state index in [4.69, 9.17) is 30.2 Å². The normalized spacial score (nSPS) is 18.9. The predicted molar refractivity (Wildman–Crippen MR) is 110 cm³/mol. The summed E-state index contributed by atoms with van der Waals surface area (Å²) in [6.45, 7) is 1.98. The van der Waals surface area contributed by atoms with Gasteiger partial charge in [-0.1, -0.05) is 11.6 Å². The van der Waals surface area contributed by atoms with Crippen LogP contribution in [0.15, 0.2) is 20.4 Å². The minimum atomic E-state index is -3.08. The molecule has 1 saturated heterocycles. The molecule has 0 amide bonds. The van der Waals surface area contributed by atoms with Gasteiger partial charge in [0, 0.05) is 5.39 Å². The number of fused-ring (bicyclic) bond motifs is 1. The minimum absolute atomic E-state index is 0.00140. The van der Waals surface area contributed by atoms with Gasteiger partial charge in [0.2, 0.25) is 11.5 Å². The highest BCUT2D eigenvalue weighted by atomic mass is 35.5. The van der Waals surface area contributed by atoms with Crippen LogP contribution in [0.5, 0.6) is 17.2 Å². The molecule has 0 bridgehead atoms. The molecule has 1 aromatic heterocycles. The van der Waals surface area contributed by atoms with Crippen LogP contribution >= 0.6 is 11.6 Å². The molecule has 0 aliphatic carbocycles. The Kier molecular flexibility index (Phi) is 5.95. The summed E-state index contributed by atoms with van der Waals surface area (Å²) in [6, 6.07) is 1.26. The highest BCUT2D eigenvalue weighted by Crippen LogP contribution is 2.44. The number of hydrogen-bond donors (Lipinski definition) is 0. The molecule has 0 saturated carbocycles. The van der Waals surface area contributed by atoms with Gasteiger partial charge in [-0.05, 0) is 13.0 Å². The van der Waals surface area contributed by atoms with Crippen molar-refractivity contribution in [3.05, 3.63) is 27.1 Å².